The van der Waals surface area contributed by atoms with E-state index in [0.29, 0.717) is 31.7 Å². The second kappa shape index (κ2) is 8.31. The largest absolute Gasteiger partial charge is 0.399 e. The van der Waals surface area contributed by atoms with Gasteiger partial charge in [-0.25, -0.2) is 0 Å². The standard InChI is InChI=1S/C19H26N4O3/c1-21-9-3-4-17(21)19(25)23-12-10-22(11-13-23)18(24)16-7-5-15(6-8-16)14-20-26-2/h5-8,14,17H,3-4,9-13H2,1-2H3. The Kier molecular flexibility index (Phi) is 5.88. The minimum absolute atomic E-state index is 0.00492. The van der Waals surface area contributed by atoms with Gasteiger partial charge in [-0.2, -0.15) is 0 Å². The first kappa shape index (κ1) is 18.4. The fourth-order valence-electron chi connectivity index (χ4n) is 3.57. The molecule has 7 nitrogen and oxygen atoms in total. The van der Waals surface area contributed by atoms with Crippen LogP contribution in [0.5, 0.6) is 0 Å². The molecule has 140 valence electrons. The van der Waals surface area contributed by atoms with Gasteiger partial charge in [-0.15, -0.1) is 0 Å². The van der Waals surface area contributed by atoms with Crippen molar-refractivity contribution in [3.05, 3.63) is 35.4 Å². The molecule has 0 aromatic heterocycles. The van der Waals surface area contributed by atoms with Crippen LogP contribution in [0.4, 0.5) is 0 Å². The third-order valence-corrected chi connectivity index (χ3v) is 5.15. The molecular weight excluding hydrogens is 332 g/mol. The van der Waals surface area contributed by atoms with Gasteiger partial charge in [0.05, 0.1) is 12.3 Å². The maximum Gasteiger partial charge on any atom is 0.253 e. The normalized spacial score (nSPS) is 21.4. The molecule has 7 heteroatoms. The molecule has 1 aromatic rings. The van der Waals surface area contributed by atoms with Gasteiger partial charge in [-0.05, 0) is 44.1 Å². The molecule has 1 atom stereocenters. The molecule has 2 amide bonds. The van der Waals surface area contributed by atoms with E-state index in [-0.39, 0.29) is 17.9 Å². The van der Waals surface area contributed by atoms with Crippen molar-refractivity contribution in [2.45, 2.75) is 18.9 Å². The summed E-state index contributed by atoms with van der Waals surface area (Å²) in [6.45, 7) is 3.35. The Morgan fingerprint density at radius 1 is 1.08 bits per heavy atom. The van der Waals surface area contributed by atoms with Crippen LogP contribution in [0.15, 0.2) is 29.4 Å². The van der Waals surface area contributed by atoms with Crippen LogP contribution < -0.4 is 0 Å². The predicted molar refractivity (Wildman–Crippen MR) is 99.2 cm³/mol. The number of piperazine rings is 1. The highest BCUT2D eigenvalue weighted by Gasteiger charge is 2.33. The zero-order valence-electron chi connectivity index (χ0n) is 15.4. The number of nitrogens with zero attached hydrogens (tertiary/aromatic N) is 4. The SMILES string of the molecule is CON=Cc1ccc(C(=O)N2CCN(C(=O)C3CCCN3C)CC2)cc1. The lowest BCUT2D eigenvalue weighted by Crippen LogP contribution is -2.54. The number of carbonyl (C=O) groups is 2. The molecular formula is C19H26N4O3. The summed E-state index contributed by atoms with van der Waals surface area (Å²) in [6.07, 6.45) is 3.61. The number of likely N-dealkylation sites (tertiary alicyclic amines) is 1. The monoisotopic (exact) mass is 358 g/mol. The molecule has 2 aliphatic rings. The molecule has 0 N–H and O–H groups in total. The fourth-order valence-corrected chi connectivity index (χ4v) is 3.57. The number of benzene rings is 1. The van der Waals surface area contributed by atoms with E-state index >= 15 is 0 Å². The van der Waals surface area contributed by atoms with Crippen LogP contribution in [-0.2, 0) is 9.63 Å². The maximum atomic E-state index is 12.7. The molecule has 0 spiro atoms. The van der Waals surface area contributed by atoms with Gasteiger partial charge < -0.3 is 14.6 Å². The number of oxime groups is 1. The van der Waals surface area contributed by atoms with Crippen molar-refractivity contribution >= 4 is 18.0 Å². The van der Waals surface area contributed by atoms with E-state index in [4.69, 9.17) is 0 Å². The zero-order chi connectivity index (χ0) is 18.5. The molecule has 1 aromatic carbocycles. The Morgan fingerprint density at radius 3 is 2.31 bits per heavy atom. The van der Waals surface area contributed by atoms with E-state index in [1.165, 1.54) is 7.11 Å². The topological polar surface area (TPSA) is 65.5 Å². The summed E-state index contributed by atoms with van der Waals surface area (Å²) >= 11 is 0. The Hall–Kier alpha value is -2.41. The van der Waals surface area contributed by atoms with Crippen LogP contribution in [0.2, 0.25) is 0 Å². The second-order valence-corrected chi connectivity index (χ2v) is 6.80. The summed E-state index contributed by atoms with van der Waals surface area (Å²) in [4.78, 5) is 35.8. The second-order valence-electron chi connectivity index (χ2n) is 6.80. The minimum atomic E-state index is 0.00492. The minimum Gasteiger partial charge on any atom is -0.399 e. The summed E-state index contributed by atoms with van der Waals surface area (Å²) in [5, 5.41) is 3.71. The van der Waals surface area contributed by atoms with Crippen LogP contribution in [0.1, 0.15) is 28.8 Å². The van der Waals surface area contributed by atoms with E-state index in [2.05, 4.69) is 14.9 Å². The Morgan fingerprint density at radius 2 is 1.73 bits per heavy atom. The van der Waals surface area contributed by atoms with Gasteiger partial charge in [0.25, 0.3) is 5.91 Å². The first-order valence-electron chi connectivity index (χ1n) is 9.05. The number of carbonyl (C=O) groups excluding carboxylic acids is 2. The molecule has 2 heterocycles. The van der Waals surface area contributed by atoms with Crippen molar-refractivity contribution < 1.29 is 14.4 Å². The van der Waals surface area contributed by atoms with Gasteiger partial charge in [0, 0.05) is 31.7 Å². The van der Waals surface area contributed by atoms with E-state index in [1.807, 2.05) is 29.0 Å². The third-order valence-electron chi connectivity index (χ3n) is 5.15. The van der Waals surface area contributed by atoms with Gasteiger partial charge in [0.2, 0.25) is 5.91 Å². The van der Waals surface area contributed by atoms with Crippen LogP contribution >= 0.6 is 0 Å². The molecule has 26 heavy (non-hydrogen) atoms. The Balaban J connectivity index is 1.55. The number of likely N-dealkylation sites (N-methyl/N-ethyl adjacent to an activating group) is 1. The average Bonchev–Trinajstić information content (AvgIpc) is 3.11. The molecule has 3 rings (SSSR count). The van der Waals surface area contributed by atoms with Crippen molar-refractivity contribution in [3.63, 3.8) is 0 Å². The number of amides is 2. The van der Waals surface area contributed by atoms with Crippen LogP contribution in [0.3, 0.4) is 0 Å². The average molecular weight is 358 g/mol. The highest BCUT2D eigenvalue weighted by Crippen LogP contribution is 2.18. The lowest BCUT2D eigenvalue weighted by molar-refractivity contribution is -0.137. The van der Waals surface area contributed by atoms with Crippen LogP contribution in [-0.4, -0.2) is 85.7 Å². The lowest BCUT2D eigenvalue weighted by Gasteiger charge is -2.37. The summed E-state index contributed by atoms with van der Waals surface area (Å²) in [5.41, 5.74) is 1.52. The maximum absolute atomic E-state index is 12.7. The van der Waals surface area contributed by atoms with Gasteiger partial charge >= 0.3 is 0 Å². The van der Waals surface area contributed by atoms with Crippen molar-refractivity contribution in [3.8, 4) is 0 Å². The summed E-state index contributed by atoms with van der Waals surface area (Å²) in [6, 6.07) is 7.28. The predicted octanol–water partition coefficient (Wildman–Crippen LogP) is 1.05. The number of hydrogen-bond donors (Lipinski definition) is 0. The molecule has 2 fully saturated rings. The molecule has 2 saturated heterocycles. The van der Waals surface area contributed by atoms with Crippen molar-refractivity contribution in [2.24, 2.45) is 5.16 Å². The molecule has 0 aliphatic carbocycles. The lowest BCUT2D eigenvalue weighted by atomic mass is 10.1. The van der Waals surface area contributed by atoms with E-state index in [0.717, 1.165) is 24.9 Å². The first-order valence-corrected chi connectivity index (χ1v) is 9.05. The Bertz CT molecular complexity index is 666. The fraction of sp³-hybridized carbons (Fsp3) is 0.526. The van der Waals surface area contributed by atoms with E-state index in [1.54, 1.807) is 18.3 Å². The summed E-state index contributed by atoms with van der Waals surface area (Å²) in [5.74, 6) is 0.212. The first-order chi connectivity index (χ1) is 12.6. The van der Waals surface area contributed by atoms with Crippen molar-refractivity contribution in [1.29, 1.82) is 0 Å². The van der Waals surface area contributed by atoms with Gasteiger partial charge in [-0.1, -0.05) is 17.3 Å². The zero-order valence-corrected chi connectivity index (χ0v) is 15.4. The number of hydrogen-bond acceptors (Lipinski definition) is 5. The van der Waals surface area contributed by atoms with E-state index in [9.17, 15) is 9.59 Å². The van der Waals surface area contributed by atoms with Crippen LogP contribution in [0.25, 0.3) is 0 Å². The Labute approximate surface area is 154 Å². The van der Waals surface area contributed by atoms with Gasteiger partial charge in [-0.3, -0.25) is 14.5 Å². The highest BCUT2D eigenvalue weighted by atomic mass is 16.6. The van der Waals surface area contributed by atoms with Crippen molar-refractivity contribution in [1.82, 2.24) is 14.7 Å². The quantitative estimate of drug-likeness (QED) is 0.596. The summed E-state index contributed by atoms with van der Waals surface area (Å²) < 4.78 is 0. The molecule has 0 saturated carbocycles. The summed E-state index contributed by atoms with van der Waals surface area (Å²) in [7, 11) is 3.50. The van der Waals surface area contributed by atoms with Gasteiger partial charge in [0.15, 0.2) is 0 Å². The molecule has 0 radical (unpaired) electrons. The molecule has 2 aliphatic heterocycles. The van der Waals surface area contributed by atoms with Crippen molar-refractivity contribution in [2.75, 3.05) is 46.9 Å². The van der Waals surface area contributed by atoms with Crippen LogP contribution in [0, 0.1) is 0 Å². The number of rotatable bonds is 4. The molecule has 0 bridgehead atoms. The highest BCUT2D eigenvalue weighted by molar-refractivity contribution is 5.95. The smallest absolute Gasteiger partial charge is 0.253 e. The van der Waals surface area contributed by atoms with Gasteiger partial charge in [0.1, 0.15) is 7.11 Å². The van der Waals surface area contributed by atoms with E-state index < -0.39 is 0 Å². The third kappa shape index (κ3) is 4.04. The molecule has 1 unspecified atom stereocenters.